The van der Waals surface area contributed by atoms with Crippen molar-refractivity contribution in [3.05, 3.63) is 29.8 Å². The van der Waals surface area contributed by atoms with Gasteiger partial charge in [0.05, 0.1) is 12.2 Å². The molecule has 2 rings (SSSR count). The topological polar surface area (TPSA) is 67.4 Å². The number of anilines is 1. The lowest BCUT2D eigenvalue weighted by molar-refractivity contribution is -0.129. The third-order valence-electron chi connectivity index (χ3n) is 3.22. The van der Waals surface area contributed by atoms with Gasteiger partial charge in [-0.15, -0.1) is 0 Å². The van der Waals surface area contributed by atoms with E-state index < -0.39 is 17.5 Å². The van der Waals surface area contributed by atoms with Gasteiger partial charge >= 0.3 is 0 Å². The zero-order valence-electron chi connectivity index (χ0n) is 11.3. The Morgan fingerprint density at radius 3 is 2.62 bits per heavy atom. The van der Waals surface area contributed by atoms with E-state index in [-0.39, 0.29) is 24.1 Å². The standard InChI is InChI=1S/C14H16F2N2O3/c15-10-1-2-12(11(16)7-10)18-13(19)8-17-14(20)9-3-5-21-6-4-9/h1-2,7,9H,3-6,8H2,(H,17,20)(H,18,19). The third-order valence-corrected chi connectivity index (χ3v) is 3.22. The summed E-state index contributed by atoms with van der Waals surface area (Å²) in [6, 6.07) is 2.85. The maximum Gasteiger partial charge on any atom is 0.243 e. The lowest BCUT2D eigenvalue weighted by Gasteiger charge is -2.21. The van der Waals surface area contributed by atoms with Crippen LogP contribution >= 0.6 is 0 Å². The number of carbonyl (C=O) groups excluding carboxylic acids is 2. The maximum atomic E-state index is 13.3. The van der Waals surface area contributed by atoms with Crippen molar-refractivity contribution >= 4 is 17.5 Å². The average Bonchev–Trinajstić information content (AvgIpc) is 2.48. The number of ether oxygens (including phenoxy) is 1. The molecule has 0 atom stereocenters. The molecule has 0 aromatic heterocycles. The SMILES string of the molecule is O=C(CNC(=O)C1CCOCC1)Nc1ccc(F)cc1F. The second kappa shape index (κ2) is 7.12. The Hall–Kier alpha value is -2.02. The Morgan fingerprint density at radius 2 is 1.95 bits per heavy atom. The summed E-state index contributed by atoms with van der Waals surface area (Å²) in [5.41, 5.74) is -0.123. The van der Waals surface area contributed by atoms with Crippen molar-refractivity contribution in [2.24, 2.45) is 5.92 Å². The van der Waals surface area contributed by atoms with Gasteiger partial charge < -0.3 is 15.4 Å². The molecule has 0 aliphatic carbocycles. The molecule has 0 spiro atoms. The quantitative estimate of drug-likeness (QED) is 0.884. The average molecular weight is 298 g/mol. The van der Waals surface area contributed by atoms with E-state index in [1.54, 1.807) is 0 Å². The molecular weight excluding hydrogens is 282 g/mol. The molecule has 1 heterocycles. The Morgan fingerprint density at radius 1 is 1.24 bits per heavy atom. The molecule has 5 nitrogen and oxygen atoms in total. The number of rotatable bonds is 4. The van der Waals surface area contributed by atoms with Crippen LogP contribution < -0.4 is 10.6 Å². The lowest BCUT2D eigenvalue weighted by atomic mass is 9.99. The highest BCUT2D eigenvalue weighted by molar-refractivity contribution is 5.94. The maximum absolute atomic E-state index is 13.3. The summed E-state index contributed by atoms with van der Waals surface area (Å²) in [6.07, 6.45) is 1.25. The van der Waals surface area contributed by atoms with Crippen molar-refractivity contribution in [3.8, 4) is 0 Å². The highest BCUT2D eigenvalue weighted by Gasteiger charge is 2.21. The first kappa shape index (κ1) is 15.4. The van der Waals surface area contributed by atoms with E-state index in [1.165, 1.54) is 0 Å². The van der Waals surface area contributed by atoms with Gasteiger partial charge in [0.25, 0.3) is 0 Å². The smallest absolute Gasteiger partial charge is 0.243 e. The lowest BCUT2D eigenvalue weighted by Crippen LogP contribution is -2.38. The summed E-state index contributed by atoms with van der Waals surface area (Å²) in [7, 11) is 0. The van der Waals surface area contributed by atoms with Crippen LogP contribution in [0, 0.1) is 17.6 Å². The van der Waals surface area contributed by atoms with Crippen LogP contribution in [0.1, 0.15) is 12.8 Å². The van der Waals surface area contributed by atoms with Crippen LogP contribution in [0.15, 0.2) is 18.2 Å². The zero-order valence-corrected chi connectivity index (χ0v) is 11.3. The number of hydrogen-bond donors (Lipinski definition) is 2. The number of nitrogens with one attached hydrogen (secondary N) is 2. The molecule has 7 heteroatoms. The largest absolute Gasteiger partial charge is 0.381 e. The van der Waals surface area contributed by atoms with Crippen molar-refractivity contribution in [3.63, 3.8) is 0 Å². The molecule has 1 saturated heterocycles. The van der Waals surface area contributed by atoms with Gasteiger partial charge in [-0.05, 0) is 25.0 Å². The van der Waals surface area contributed by atoms with Crippen molar-refractivity contribution < 1.29 is 23.1 Å². The van der Waals surface area contributed by atoms with Crippen molar-refractivity contribution in [1.82, 2.24) is 5.32 Å². The molecule has 1 aliphatic rings. The Kier molecular flexibility index (Phi) is 5.21. The molecule has 1 aromatic rings. The number of carbonyl (C=O) groups is 2. The highest BCUT2D eigenvalue weighted by Crippen LogP contribution is 2.15. The van der Waals surface area contributed by atoms with Crippen molar-refractivity contribution in [2.45, 2.75) is 12.8 Å². The molecular formula is C14H16F2N2O3. The van der Waals surface area contributed by atoms with Crippen molar-refractivity contribution in [2.75, 3.05) is 25.1 Å². The molecule has 1 aliphatic heterocycles. The van der Waals surface area contributed by atoms with E-state index in [2.05, 4.69) is 10.6 Å². The van der Waals surface area contributed by atoms with Gasteiger partial charge in [0.2, 0.25) is 11.8 Å². The van der Waals surface area contributed by atoms with Gasteiger partial charge in [-0.2, -0.15) is 0 Å². The third kappa shape index (κ3) is 4.49. The Bertz CT molecular complexity index is 531. The molecule has 1 aromatic carbocycles. The minimum atomic E-state index is -0.862. The summed E-state index contributed by atoms with van der Waals surface area (Å²) in [4.78, 5) is 23.4. The summed E-state index contributed by atoms with van der Waals surface area (Å²) in [6.45, 7) is 0.809. The van der Waals surface area contributed by atoms with E-state index in [0.29, 0.717) is 32.1 Å². The van der Waals surface area contributed by atoms with Gasteiger partial charge in [-0.1, -0.05) is 0 Å². The van der Waals surface area contributed by atoms with Gasteiger partial charge in [-0.3, -0.25) is 9.59 Å². The summed E-state index contributed by atoms with van der Waals surface area (Å²) >= 11 is 0. The van der Waals surface area contributed by atoms with E-state index in [1.807, 2.05) is 0 Å². The predicted octanol–water partition coefficient (Wildman–Crippen LogP) is 1.45. The van der Waals surface area contributed by atoms with Crippen LogP contribution in [-0.2, 0) is 14.3 Å². The van der Waals surface area contributed by atoms with Crippen LogP contribution in [0.2, 0.25) is 0 Å². The number of benzene rings is 1. The van der Waals surface area contributed by atoms with E-state index in [0.717, 1.165) is 12.1 Å². The van der Waals surface area contributed by atoms with Crippen molar-refractivity contribution in [1.29, 1.82) is 0 Å². The van der Waals surface area contributed by atoms with Crippen LogP contribution in [0.3, 0.4) is 0 Å². The summed E-state index contributed by atoms with van der Waals surface area (Å²) in [5.74, 6) is -2.53. The second-order valence-electron chi connectivity index (χ2n) is 4.78. The first-order chi connectivity index (χ1) is 10.1. The van der Waals surface area contributed by atoms with Gasteiger partial charge in [-0.25, -0.2) is 8.78 Å². The number of hydrogen-bond acceptors (Lipinski definition) is 3. The molecule has 2 N–H and O–H groups in total. The normalized spacial score (nSPS) is 15.5. The molecule has 0 unspecified atom stereocenters. The van der Waals surface area contributed by atoms with Crippen LogP contribution in [0.25, 0.3) is 0 Å². The zero-order chi connectivity index (χ0) is 15.2. The molecule has 21 heavy (non-hydrogen) atoms. The molecule has 0 bridgehead atoms. The molecule has 0 radical (unpaired) electrons. The monoisotopic (exact) mass is 298 g/mol. The number of amides is 2. The van der Waals surface area contributed by atoms with Crippen LogP contribution in [0.4, 0.5) is 14.5 Å². The summed E-state index contributed by atoms with van der Waals surface area (Å²) < 4.78 is 31.2. The Labute approximate surface area is 120 Å². The second-order valence-corrected chi connectivity index (χ2v) is 4.78. The number of halogens is 2. The summed E-state index contributed by atoms with van der Waals surface area (Å²) in [5, 5.41) is 4.78. The fraction of sp³-hybridized carbons (Fsp3) is 0.429. The van der Waals surface area contributed by atoms with E-state index >= 15 is 0 Å². The molecule has 114 valence electrons. The van der Waals surface area contributed by atoms with Gasteiger partial charge in [0.15, 0.2) is 0 Å². The van der Waals surface area contributed by atoms with E-state index in [4.69, 9.17) is 4.74 Å². The first-order valence-electron chi connectivity index (χ1n) is 6.66. The van der Waals surface area contributed by atoms with Crippen LogP contribution in [0.5, 0.6) is 0 Å². The first-order valence-corrected chi connectivity index (χ1v) is 6.66. The Balaban J connectivity index is 1.80. The molecule has 0 saturated carbocycles. The minimum Gasteiger partial charge on any atom is -0.381 e. The van der Waals surface area contributed by atoms with E-state index in [9.17, 15) is 18.4 Å². The van der Waals surface area contributed by atoms with Crippen LogP contribution in [-0.4, -0.2) is 31.6 Å². The fourth-order valence-electron chi connectivity index (χ4n) is 2.06. The molecule has 1 fully saturated rings. The minimum absolute atomic E-state index is 0.123. The highest BCUT2D eigenvalue weighted by atomic mass is 19.1. The molecule has 2 amide bonds. The predicted molar refractivity (Wildman–Crippen MR) is 71.5 cm³/mol. The van der Waals surface area contributed by atoms with Gasteiger partial charge in [0, 0.05) is 25.2 Å². The fourth-order valence-corrected chi connectivity index (χ4v) is 2.06. The van der Waals surface area contributed by atoms with Gasteiger partial charge in [0.1, 0.15) is 11.6 Å².